The first-order valence-corrected chi connectivity index (χ1v) is 14.7. The van der Waals surface area contributed by atoms with Crippen molar-refractivity contribution in [2.75, 3.05) is 25.2 Å². The number of carbonyl (C=O) groups excluding carboxylic acids is 3. The summed E-state index contributed by atoms with van der Waals surface area (Å²) in [4.78, 5) is 50.3. The van der Waals surface area contributed by atoms with Gasteiger partial charge in [0.1, 0.15) is 16.2 Å². The van der Waals surface area contributed by atoms with E-state index in [1.165, 1.54) is 12.0 Å². The first-order chi connectivity index (χ1) is 20.7. The summed E-state index contributed by atoms with van der Waals surface area (Å²) >= 11 is 0.931. The SMILES string of the molecule is CCCCOc1ccc(C2C(=C(O)c3c(C)nc4ccccn34)C(=O)C(=O)N2c2nc(C)c(C(=O)OC)s2)cc1OCC. The van der Waals surface area contributed by atoms with E-state index in [-0.39, 0.29) is 27.0 Å². The van der Waals surface area contributed by atoms with Gasteiger partial charge in [0.05, 0.1) is 43.3 Å². The van der Waals surface area contributed by atoms with Crippen molar-refractivity contribution in [3.63, 3.8) is 0 Å². The van der Waals surface area contributed by atoms with Crippen LogP contribution in [0.5, 0.6) is 11.5 Å². The number of imidazole rings is 1. The average Bonchev–Trinajstić information content (AvgIpc) is 3.63. The van der Waals surface area contributed by atoms with E-state index in [0.717, 1.165) is 24.2 Å². The molecule has 0 bridgehead atoms. The number of aryl methyl sites for hydroxylation is 2. The molecule has 1 amide bonds. The third kappa shape index (κ3) is 5.34. The van der Waals surface area contributed by atoms with Crippen LogP contribution in [-0.4, -0.2) is 57.5 Å². The molecule has 1 atom stereocenters. The Labute approximate surface area is 252 Å². The van der Waals surface area contributed by atoms with Gasteiger partial charge >= 0.3 is 11.9 Å². The van der Waals surface area contributed by atoms with E-state index < -0.39 is 23.7 Å². The van der Waals surface area contributed by atoms with E-state index in [1.807, 2.05) is 13.0 Å². The van der Waals surface area contributed by atoms with Gasteiger partial charge in [-0.3, -0.25) is 18.9 Å². The highest BCUT2D eigenvalue weighted by Crippen LogP contribution is 2.46. The molecule has 0 saturated carbocycles. The Morgan fingerprint density at radius 1 is 1.05 bits per heavy atom. The zero-order valence-corrected chi connectivity index (χ0v) is 25.4. The lowest BCUT2D eigenvalue weighted by molar-refractivity contribution is -0.132. The van der Waals surface area contributed by atoms with Gasteiger partial charge in [0, 0.05) is 6.20 Å². The first kappa shape index (κ1) is 29.8. The summed E-state index contributed by atoms with van der Waals surface area (Å²) in [7, 11) is 1.25. The van der Waals surface area contributed by atoms with E-state index in [0.29, 0.717) is 47.3 Å². The number of unbranched alkanes of at least 4 members (excludes halogenated alkanes) is 1. The van der Waals surface area contributed by atoms with Crippen LogP contribution in [0.15, 0.2) is 48.2 Å². The number of anilines is 1. The van der Waals surface area contributed by atoms with E-state index in [4.69, 9.17) is 14.2 Å². The summed E-state index contributed by atoms with van der Waals surface area (Å²) in [6.07, 6.45) is 3.54. The third-order valence-electron chi connectivity index (χ3n) is 7.07. The van der Waals surface area contributed by atoms with Crippen molar-refractivity contribution in [3.8, 4) is 11.5 Å². The molecule has 1 unspecified atom stereocenters. The number of rotatable bonds is 10. The second-order valence-electron chi connectivity index (χ2n) is 9.89. The molecule has 1 saturated heterocycles. The number of Topliss-reactive ketones (excluding diaryl/α,β-unsaturated/α-hetero) is 1. The van der Waals surface area contributed by atoms with Crippen LogP contribution in [-0.2, 0) is 14.3 Å². The lowest BCUT2D eigenvalue weighted by Crippen LogP contribution is -2.29. The van der Waals surface area contributed by atoms with Crippen LogP contribution in [0, 0.1) is 13.8 Å². The minimum atomic E-state index is -1.10. The number of amides is 1. The van der Waals surface area contributed by atoms with Gasteiger partial charge in [-0.25, -0.2) is 14.8 Å². The van der Waals surface area contributed by atoms with E-state index in [1.54, 1.807) is 54.8 Å². The fourth-order valence-electron chi connectivity index (χ4n) is 5.05. The molecule has 5 rings (SSSR count). The molecule has 0 spiro atoms. The first-order valence-electron chi connectivity index (χ1n) is 13.9. The molecule has 11 nitrogen and oxygen atoms in total. The topological polar surface area (TPSA) is 133 Å². The number of hydrogen-bond acceptors (Lipinski definition) is 10. The van der Waals surface area contributed by atoms with Crippen molar-refractivity contribution in [3.05, 3.63) is 75.7 Å². The maximum atomic E-state index is 13.8. The summed E-state index contributed by atoms with van der Waals surface area (Å²) in [6, 6.07) is 9.41. The number of pyridine rings is 1. The number of benzene rings is 1. The Bertz CT molecular complexity index is 1760. The zero-order valence-electron chi connectivity index (χ0n) is 24.5. The number of methoxy groups -OCH3 is 1. The average molecular weight is 605 g/mol. The molecular formula is C31H32N4O7S. The lowest BCUT2D eigenvalue weighted by Gasteiger charge is -2.24. The van der Waals surface area contributed by atoms with Crippen LogP contribution in [0.1, 0.15) is 65.0 Å². The monoisotopic (exact) mass is 604 g/mol. The van der Waals surface area contributed by atoms with E-state index in [9.17, 15) is 19.5 Å². The molecule has 43 heavy (non-hydrogen) atoms. The highest BCUT2D eigenvalue weighted by atomic mass is 32.1. The van der Waals surface area contributed by atoms with Crippen LogP contribution in [0.25, 0.3) is 11.4 Å². The van der Waals surface area contributed by atoms with Crippen molar-refractivity contribution in [2.24, 2.45) is 0 Å². The molecule has 4 aromatic rings. The number of carbonyl (C=O) groups is 3. The molecule has 1 N–H and O–H groups in total. The quantitative estimate of drug-likeness (QED) is 0.0831. The molecular weight excluding hydrogens is 572 g/mol. The predicted molar refractivity (Wildman–Crippen MR) is 161 cm³/mol. The van der Waals surface area contributed by atoms with Crippen molar-refractivity contribution >= 4 is 45.5 Å². The number of ketones is 1. The summed E-state index contributed by atoms with van der Waals surface area (Å²) in [6.45, 7) is 8.09. The number of aliphatic hydroxyl groups excluding tert-OH is 1. The van der Waals surface area contributed by atoms with Crippen LogP contribution in [0.3, 0.4) is 0 Å². The predicted octanol–water partition coefficient (Wildman–Crippen LogP) is 5.40. The molecule has 1 aliphatic rings. The van der Waals surface area contributed by atoms with Gasteiger partial charge in [-0.1, -0.05) is 36.8 Å². The highest BCUT2D eigenvalue weighted by molar-refractivity contribution is 7.17. The number of aromatic nitrogens is 3. The number of esters is 1. The maximum absolute atomic E-state index is 13.8. The standard InChI is InChI=1S/C31H32N4O7S/c1-6-8-15-42-20-13-12-19(16-21(20)41-7-2)25-23(26(36)24-17(3)32-22-11-9-10-14-34(22)24)27(37)29(38)35(25)31-33-18(4)28(43-31)30(39)40-5/h9-14,16,25,36H,6-8,15H2,1-5H3. The third-order valence-corrected chi connectivity index (χ3v) is 8.21. The minimum absolute atomic E-state index is 0.111. The van der Waals surface area contributed by atoms with Crippen LogP contribution >= 0.6 is 11.3 Å². The van der Waals surface area contributed by atoms with Crippen LogP contribution in [0.2, 0.25) is 0 Å². The zero-order chi connectivity index (χ0) is 30.8. The number of hydrogen-bond donors (Lipinski definition) is 1. The molecule has 12 heteroatoms. The minimum Gasteiger partial charge on any atom is -0.505 e. The Morgan fingerprint density at radius 2 is 1.84 bits per heavy atom. The van der Waals surface area contributed by atoms with Gasteiger partial charge in [0.2, 0.25) is 0 Å². The maximum Gasteiger partial charge on any atom is 0.350 e. The van der Waals surface area contributed by atoms with Crippen molar-refractivity contribution in [1.82, 2.24) is 14.4 Å². The lowest BCUT2D eigenvalue weighted by atomic mass is 9.96. The van der Waals surface area contributed by atoms with Gasteiger partial charge in [-0.15, -0.1) is 0 Å². The van der Waals surface area contributed by atoms with E-state index >= 15 is 0 Å². The molecule has 1 aliphatic heterocycles. The molecule has 3 aromatic heterocycles. The molecule has 0 radical (unpaired) electrons. The summed E-state index contributed by atoms with van der Waals surface area (Å²) in [5.41, 5.74) is 2.01. The Hall–Kier alpha value is -4.71. The van der Waals surface area contributed by atoms with Crippen molar-refractivity contribution in [2.45, 2.75) is 46.6 Å². The Balaban J connectivity index is 1.74. The van der Waals surface area contributed by atoms with E-state index in [2.05, 4.69) is 16.9 Å². The normalized spacial score (nSPS) is 16.2. The van der Waals surface area contributed by atoms with Gasteiger partial charge in [-0.05, 0) is 57.0 Å². The fraction of sp³-hybridized carbons (Fsp3) is 0.323. The number of nitrogens with zero attached hydrogens (tertiary/aromatic N) is 4. The number of fused-ring (bicyclic) bond motifs is 1. The summed E-state index contributed by atoms with van der Waals surface area (Å²) in [5, 5.41) is 11.9. The molecule has 224 valence electrons. The molecule has 4 heterocycles. The largest absolute Gasteiger partial charge is 0.505 e. The summed E-state index contributed by atoms with van der Waals surface area (Å²) < 4.78 is 18.4. The van der Waals surface area contributed by atoms with Crippen molar-refractivity contribution in [1.29, 1.82) is 0 Å². The van der Waals surface area contributed by atoms with Gasteiger partial charge in [0.15, 0.2) is 22.4 Å². The second-order valence-corrected chi connectivity index (χ2v) is 10.9. The van der Waals surface area contributed by atoms with Crippen LogP contribution in [0.4, 0.5) is 5.13 Å². The number of ether oxygens (including phenoxy) is 3. The Morgan fingerprint density at radius 3 is 2.56 bits per heavy atom. The fourth-order valence-corrected chi connectivity index (χ4v) is 6.06. The molecule has 1 fully saturated rings. The summed E-state index contributed by atoms with van der Waals surface area (Å²) in [5.74, 6) is -1.84. The van der Waals surface area contributed by atoms with Crippen LogP contribution < -0.4 is 14.4 Å². The van der Waals surface area contributed by atoms with Crippen molar-refractivity contribution < 1.29 is 33.7 Å². The number of aliphatic hydroxyl groups is 1. The molecule has 1 aromatic carbocycles. The van der Waals surface area contributed by atoms with Gasteiger partial charge in [-0.2, -0.15) is 0 Å². The molecule has 0 aliphatic carbocycles. The number of thiazole rings is 1. The Kier molecular flexibility index (Phi) is 8.49. The highest BCUT2D eigenvalue weighted by Gasteiger charge is 2.49. The second kappa shape index (κ2) is 12.3. The van der Waals surface area contributed by atoms with Gasteiger partial charge < -0.3 is 19.3 Å². The van der Waals surface area contributed by atoms with Gasteiger partial charge in [0.25, 0.3) is 5.78 Å². The smallest absolute Gasteiger partial charge is 0.350 e.